The highest BCUT2D eigenvalue weighted by Crippen LogP contribution is 2.23. The van der Waals surface area contributed by atoms with E-state index in [1.165, 1.54) is 29.5 Å². The molecule has 0 radical (unpaired) electrons. The maximum atomic E-state index is 14.5. The number of fused-ring (bicyclic) bond motifs is 1. The number of hydrogen-bond acceptors (Lipinski definition) is 0. The smallest absolute Gasteiger partial charge is 0.134 e. The summed E-state index contributed by atoms with van der Waals surface area (Å²) in [7, 11) is 0. The molecule has 4 aromatic carbocycles. The Morgan fingerprint density at radius 2 is 1.35 bits per heavy atom. The van der Waals surface area contributed by atoms with Gasteiger partial charge in [-0.2, -0.15) is 0 Å². The first-order chi connectivity index (χ1) is 15.2. The monoisotopic (exact) mass is 406 g/mol. The first kappa shape index (κ1) is 20.9. The molecule has 154 valence electrons. The van der Waals surface area contributed by atoms with Gasteiger partial charge < -0.3 is 0 Å². The largest absolute Gasteiger partial charge is 0.206 e. The summed E-state index contributed by atoms with van der Waals surface area (Å²) in [6.07, 6.45) is 4.30. The Balaban J connectivity index is 1.51. The number of hydrogen-bond donors (Lipinski definition) is 0. The average molecular weight is 407 g/mol. The summed E-state index contributed by atoms with van der Waals surface area (Å²) in [4.78, 5) is 0. The van der Waals surface area contributed by atoms with Crippen LogP contribution in [-0.2, 0) is 12.8 Å². The van der Waals surface area contributed by atoms with Gasteiger partial charge in [0.05, 0.1) is 0 Å². The molecule has 0 bridgehead atoms. The molecule has 0 atom stereocenters. The third-order valence-electron chi connectivity index (χ3n) is 5.76. The molecule has 0 unspecified atom stereocenters. The first-order valence-electron chi connectivity index (χ1n) is 11.1. The Morgan fingerprint density at radius 3 is 2.03 bits per heavy atom. The zero-order chi connectivity index (χ0) is 21.6. The fraction of sp³-hybridized carbons (Fsp3) is 0.200. The standard InChI is InChI=1S/C30H27F/c1-3-5-6-22-9-14-26(15-10-22)27-16-11-23(12-17-27)7-8-24-13-20-29-28(21-24)19-18-25(4-2)30(29)31/h9-21H,3-6H2,1-2H3. The molecule has 4 aromatic rings. The quantitative estimate of drug-likeness (QED) is 0.295. The maximum Gasteiger partial charge on any atom is 0.134 e. The molecule has 0 heterocycles. The van der Waals surface area contributed by atoms with Crippen LogP contribution in [0.25, 0.3) is 21.9 Å². The van der Waals surface area contributed by atoms with Crippen molar-refractivity contribution in [2.24, 2.45) is 0 Å². The minimum atomic E-state index is -0.117. The topological polar surface area (TPSA) is 0 Å². The second-order valence-electron chi connectivity index (χ2n) is 7.96. The molecule has 0 fully saturated rings. The Labute approximate surface area is 184 Å². The number of rotatable bonds is 5. The van der Waals surface area contributed by atoms with E-state index in [9.17, 15) is 4.39 Å². The minimum Gasteiger partial charge on any atom is -0.206 e. The Morgan fingerprint density at radius 1 is 0.710 bits per heavy atom. The highest BCUT2D eigenvalue weighted by Gasteiger charge is 2.06. The van der Waals surface area contributed by atoms with Crippen LogP contribution < -0.4 is 0 Å². The summed E-state index contributed by atoms with van der Waals surface area (Å²) in [5.74, 6) is 6.33. The first-order valence-corrected chi connectivity index (χ1v) is 11.1. The third-order valence-corrected chi connectivity index (χ3v) is 5.76. The second kappa shape index (κ2) is 9.63. The Hall–Kier alpha value is -3.37. The van der Waals surface area contributed by atoms with Gasteiger partial charge >= 0.3 is 0 Å². The molecule has 0 spiro atoms. The predicted octanol–water partition coefficient (Wildman–Crippen LogP) is 7.95. The average Bonchev–Trinajstić information content (AvgIpc) is 2.82. The van der Waals surface area contributed by atoms with Crippen LogP contribution in [0.2, 0.25) is 0 Å². The zero-order valence-electron chi connectivity index (χ0n) is 18.2. The molecule has 0 saturated heterocycles. The molecule has 1 heteroatoms. The van der Waals surface area contributed by atoms with Gasteiger partial charge in [0.2, 0.25) is 0 Å². The van der Waals surface area contributed by atoms with E-state index in [0.29, 0.717) is 11.8 Å². The van der Waals surface area contributed by atoms with Gasteiger partial charge in [0, 0.05) is 16.5 Å². The summed E-state index contributed by atoms with van der Waals surface area (Å²) in [5, 5.41) is 1.55. The summed E-state index contributed by atoms with van der Waals surface area (Å²) in [5.41, 5.74) is 6.43. The molecule has 0 aliphatic carbocycles. The van der Waals surface area contributed by atoms with Crippen molar-refractivity contribution >= 4 is 10.8 Å². The molecule has 0 amide bonds. The molecule has 31 heavy (non-hydrogen) atoms. The molecular formula is C30H27F. The van der Waals surface area contributed by atoms with Crippen LogP contribution in [-0.4, -0.2) is 0 Å². The molecular weight excluding hydrogens is 379 g/mol. The van der Waals surface area contributed by atoms with Gasteiger partial charge in [0.1, 0.15) is 5.82 Å². The Bertz CT molecular complexity index is 1240. The Kier molecular flexibility index (Phi) is 6.48. The molecule has 0 nitrogen and oxygen atoms in total. The van der Waals surface area contributed by atoms with E-state index in [-0.39, 0.29) is 5.82 Å². The van der Waals surface area contributed by atoms with Gasteiger partial charge in [-0.3, -0.25) is 0 Å². The number of benzene rings is 4. The third kappa shape index (κ3) is 4.86. The van der Waals surface area contributed by atoms with Crippen molar-refractivity contribution in [3.8, 4) is 23.0 Å². The lowest BCUT2D eigenvalue weighted by molar-refractivity contribution is 0.624. The van der Waals surface area contributed by atoms with Crippen LogP contribution in [0.1, 0.15) is 48.9 Å². The maximum absolute atomic E-state index is 14.5. The molecule has 0 aromatic heterocycles. The van der Waals surface area contributed by atoms with Gasteiger partial charge in [0.25, 0.3) is 0 Å². The van der Waals surface area contributed by atoms with Gasteiger partial charge in [0.15, 0.2) is 0 Å². The van der Waals surface area contributed by atoms with Gasteiger partial charge in [-0.1, -0.05) is 86.7 Å². The highest BCUT2D eigenvalue weighted by atomic mass is 19.1. The van der Waals surface area contributed by atoms with Crippen molar-refractivity contribution in [2.45, 2.75) is 39.5 Å². The molecule has 0 aliphatic rings. The van der Waals surface area contributed by atoms with Crippen LogP contribution in [0, 0.1) is 17.7 Å². The fourth-order valence-corrected chi connectivity index (χ4v) is 3.82. The normalized spacial score (nSPS) is 10.7. The van der Waals surface area contributed by atoms with E-state index in [1.54, 1.807) is 0 Å². The van der Waals surface area contributed by atoms with E-state index < -0.39 is 0 Å². The SMILES string of the molecule is CCCCc1ccc(-c2ccc(C#Cc3ccc4c(F)c(CC)ccc4c3)cc2)cc1. The summed E-state index contributed by atoms with van der Waals surface area (Å²) >= 11 is 0. The van der Waals surface area contributed by atoms with Crippen LogP contribution in [0.4, 0.5) is 4.39 Å². The van der Waals surface area contributed by atoms with Crippen molar-refractivity contribution in [3.05, 3.63) is 107 Å². The number of aryl methyl sites for hydroxylation is 2. The summed E-state index contributed by atoms with van der Waals surface area (Å²) in [6.45, 7) is 4.19. The highest BCUT2D eigenvalue weighted by molar-refractivity contribution is 5.85. The van der Waals surface area contributed by atoms with E-state index in [0.717, 1.165) is 28.5 Å². The van der Waals surface area contributed by atoms with Crippen molar-refractivity contribution in [3.63, 3.8) is 0 Å². The predicted molar refractivity (Wildman–Crippen MR) is 130 cm³/mol. The van der Waals surface area contributed by atoms with Crippen LogP contribution in [0.5, 0.6) is 0 Å². The van der Waals surface area contributed by atoms with Crippen molar-refractivity contribution in [1.29, 1.82) is 0 Å². The van der Waals surface area contributed by atoms with Crippen molar-refractivity contribution in [2.75, 3.05) is 0 Å². The van der Waals surface area contributed by atoms with Gasteiger partial charge in [-0.05, 0) is 71.2 Å². The van der Waals surface area contributed by atoms with Crippen LogP contribution in [0.3, 0.4) is 0 Å². The molecule has 4 rings (SSSR count). The van der Waals surface area contributed by atoms with E-state index in [2.05, 4.69) is 67.3 Å². The molecule has 0 aliphatic heterocycles. The lowest BCUT2D eigenvalue weighted by atomic mass is 10.0. The summed E-state index contributed by atoms with van der Waals surface area (Å²) < 4.78 is 14.5. The molecule has 0 N–H and O–H groups in total. The molecule has 0 saturated carbocycles. The van der Waals surface area contributed by atoms with Crippen molar-refractivity contribution < 1.29 is 4.39 Å². The lowest BCUT2D eigenvalue weighted by Crippen LogP contribution is -1.89. The van der Waals surface area contributed by atoms with Gasteiger partial charge in [-0.25, -0.2) is 4.39 Å². The number of halogens is 1. The van der Waals surface area contributed by atoms with E-state index in [4.69, 9.17) is 0 Å². The van der Waals surface area contributed by atoms with Crippen LogP contribution >= 0.6 is 0 Å². The van der Waals surface area contributed by atoms with Crippen molar-refractivity contribution in [1.82, 2.24) is 0 Å². The fourth-order valence-electron chi connectivity index (χ4n) is 3.82. The second-order valence-corrected chi connectivity index (χ2v) is 7.96. The summed E-state index contributed by atoms with van der Waals surface area (Å²) in [6, 6.07) is 26.7. The van der Waals surface area contributed by atoms with Crippen LogP contribution in [0.15, 0.2) is 78.9 Å². The lowest BCUT2D eigenvalue weighted by Gasteiger charge is -2.05. The van der Waals surface area contributed by atoms with E-state index >= 15 is 0 Å². The van der Waals surface area contributed by atoms with Gasteiger partial charge in [-0.15, -0.1) is 0 Å². The minimum absolute atomic E-state index is 0.117. The van der Waals surface area contributed by atoms with E-state index in [1.807, 2.05) is 37.3 Å². The number of unbranched alkanes of at least 4 members (excludes halogenated alkanes) is 1. The zero-order valence-corrected chi connectivity index (χ0v) is 18.2.